The van der Waals surface area contributed by atoms with E-state index in [2.05, 4.69) is 22.6 Å². The zero-order valence-corrected chi connectivity index (χ0v) is 19.2. The van der Waals surface area contributed by atoms with Crippen molar-refractivity contribution in [2.24, 2.45) is 0 Å². The predicted molar refractivity (Wildman–Crippen MR) is 126 cm³/mol. The third kappa shape index (κ3) is 13.0. The summed E-state index contributed by atoms with van der Waals surface area (Å²) in [5.41, 5.74) is 0.593. The Bertz CT molecular complexity index is 746. The second-order valence-electron chi connectivity index (χ2n) is 7.42. The van der Waals surface area contributed by atoms with Gasteiger partial charge in [-0.05, 0) is 49.9 Å². The van der Waals surface area contributed by atoms with E-state index in [0.29, 0.717) is 50.3 Å². The van der Waals surface area contributed by atoms with Gasteiger partial charge in [-0.1, -0.05) is 38.8 Å². The van der Waals surface area contributed by atoms with E-state index in [0.717, 1.165) is 51.0 Å². The number of hydrogen-bond acceptors (Lipinski definition) is 6. The van der Waals surface area contributed by atoms with E-state index < -0.39 is 6.09 Å². The van der Waals surface area contributed by atoms with Crippen LogP contribution in [0.25, 0.3) is 0 Å². The van der Waals surface area contributed by atoms with Crippen molar-refractivity contribution in [3.8, 4) is 5.75 Å². The molecule has 0 saturated heterocycles. The molecule has 0 fully saturated rings. The van der Waals surface area contributed by atoms with Crippen LogP contribution >= 0.6 is 0 Å². The van der Waals surface area contributed by atoms with Gasteiger partial charge in [0.25, 0.3) is 0 Å². The van der Waals surface area contributed by atoms with Crippen LogP contribution in [0.2, 0.25) is 0 Å². The molecule has 1 rings (SSSR count). The van der Waals surface area contributed by atoms with Gasteiger partial charge < -0.3 is 19.3 Å². The Balaban J connectivity index is 2.27. The number of carbonyl (C=O) groups excluding carboxylic acids is 2. The van der Waals surface area contributed by atoms with Crippen LogP contribution in [-0.2, 0) is 19.1 Å². The molecule has 1 N–H and O–H groups in total. The van der Waals surface area contributed by atoms with Crippen molar-refractivity contribution in [2.45, 2.75) is 64.2 Å². The maximum atomic E-state index is 11.6. The first-order chi connectivity index (χ1) is 16.0. The molecule has 1 aromatic carbocycles. The quantitative estimate of drug-likeness (QED) is 0.167. The molecule has 0 atom stereocenters. The molecule has 1 aromatic rings. The lowest BCUT2D eigenvalue weighted by molar-refractivity contribution is -0.139. The minimum Gasteiger partial charge on any atom is -0.494 e. The number of amides is 1. The Morgan fingerprint density at radius 3 is 1.82 bits per heavy atom. The van der Waals surface area contributed by atoms with E-state index in [-0.39, 0.29) is 11.9 Å². The van der Waals surface area contributed by atoms with Crippen LogP contribution in [0.3, 0.4) is 0 Å². The van der Waals surface area contributed by atoms with Crippen molar-refractivity contribution < 1.29 is 33.7 Å². The van der Waals surface area contributed by atoms with Gasteiger partial charge in [0.05, 0.1) is 19.1 Å². The average molecular weight is 462 g/mol. The van der Waals surface area contributed by atoms with Crippen LogP contribution in [-0.4, -0.2) is 36.3 Å². The van der Waals surface area contributed by atoms with Crippen molar-refractivity contribution in [3.05, 3.63) is 49.9 Å². The monoisotopic (exact) mass is 461 g/mol. The highest BCUT2D eigenvalue weighted by Gasteiger charge is 2.14. The normalized spacial score (nSPS) is 10.2. The smallest absolute Gasteiger partial charge is 0.411 e. The fraction of sp³-hybridized carbons (Fsp3) is 0.480. The fourth-order valence-electron chi connectivity index (χ4n) is 3.17. The summed E-state index contributed by atoms with van der Waals surface area (Å²) < 4.78 is 15.0. The second-order valence-corrected chi connectivity index (χ2v) is 7.42. The summed E-state index contributed by atoms with van der Waals surface area (Å²) >= 11 is 0. The number of carbonyl (C=O) groups is 3. The first-order valence-corrected chi connectivity index (χ1v) is 11.3. The van der Waals surface area contributed by atoms with Crippen LogP contribution in [0.5, 0.6) is 5.75 Å². The lowest BCUT2D eigenvalue weighted by Crippen LogP contribution is -2.30. The molecule has 0 unspecified atom stereocenters. The van der Waals surface area contributed by atoms with Crippen LogP contribution in [0.15, 0.2) is 49.9 Å². The van der Waals surface area contributed by atoms with Crippen LogP contribution in [0.1, 0.15) is 64.2 Å². The highest BCUT2D eigenvalue weighted by atomic mass is 16.5. The lowest BCUT2D eigenvalue weighted by Gasteiger charge is -2.19. The Labute approximate surface area is 195 Å². The van der Waals surface area contributed by atoms with E-state index >= 15 is 0 Å². The minimum absolute atomic E-state index is 0.261. The number of rotatable bonds is 18. The molecule has 0 aliphatic carbocycles. The summed E-state index contributed by atoms with van der Waals surface area (Å²) in [6.45, 7) is 7.62. The van der Waals surface area contributed by atoms with Gasteiger partial charge >= 0.3 is 18.0 Å². The molecule has 0 aromatic heterocycles. The van der Waals surface area contributed by atoms with E-state index in [1.54, 1.807) is 24.3 Å². The van der Waals surface area contributed by atoms with Gasteiger partial charge in [-0.15, -0.1) is 0 Å². The molecule has 0 aliphatic rings. The van der Waals surface area contributed by atoms with E-state index in [1.165, 1.54) is 4.90 Å². The molecule has 8 nitrogen and oxygen atoms in total. The zero-order valence-electron chi connectivity index (χ0n) is 19.2. The predicted octanol–water partition coefficient (Wildman–Crippen LogP) is 5.82. The van der Waals surface area contributed by atoms with Crippen molar-refractivity contribution in [1.29, 1.82) is 0 Å². The molecule has 182 valence electrons. The first kappa shape index (κ1) is 27.7. The summed E-state index contributed by atoms with van der Waals surface area (Å²) in [6, 6.07) is 7.00. The summed E-state index contributed by atoms with van der Waals surface area (Å²) in [5, 5.41) is 9.53. The van der Waals surface area contributed by atoms with Crippen LogP contribution in [0, 0.1) is 0 Å². The highest BCUT2D eigenvalue weighted by molar-refractivity contribution is 5.86. The number of unbranched alkanes of at least 4 members (excludes halogenated alkanes) is 6. The Hall–Kier alpha value is -3.29. The van der Waals surface area contributed by atoms with Gasteiger partial charge in [0.2, 0.25) is 0 Å². The largest absolute Gasteiger partial charge is 0.494 e. The molecule has 0 aliphatic heterocycles. The van der Waals surface area contributed by atoms with Crippen LogP contribution in [0.4, 0.5) is 10.5 Å². The molecule has 0 bridgehead atoms. The molecule has 0 spiro atoms. The molecule has 0 heterocycles. The Morgan fingerprint density at radius 2 is 1.30 bits per heavy atom. The van der Waals surface area contributed by atoms with Gasteiger partial charge in [-0.25, -0.2) is 4.79 Å². The summed E-state index contributed by atoms with van der Waals surface area (Å²) in [6.07, 6.45) is 8.53. The van der Waals surface area contributed by atoms with Crippen molar-refractivity contribution in [2.75, 3.05) is 18.1 Å². The number of hydrogen-bond donors (Lipinski definition) is 1. The minimum atomic E-state index is -1.00. The number of carboxylic acid groups (broad SMARTS) is 1. The summed E-state index contributed by atoms with van der Waals surface area (Å²) in [5.74, 6) is 0.123. The van der Waals surface area contributed by atoms with E-state index in [4.69, 9.17) is 4.74 Å². The van der Waals surface area contributed by atoms with Gasteiger partial charge in [0.1, 0.15) is 5.75 Å². The van der Waals surface area contributed by atoms with Crippen molar-refractivity contribution in [1.82, 2.24) is 0 Å². The van der Waals surface area contributed by atoms with E-state index in [9.17, 15) is 19.5 Å². The number of benzene rings is 1. The molecular weight excluding hydrogens is 426 g/mol. The number of nitrogens with zero attached hydrogens (tertiary/aromatic N) is 1. The van der Waals surface area contributed by atoms with Crippen molar-refractivity contribution in [3.63, 3.8) is 0 Å². The van der Waals surface area contributed by atoms with Crippen LogP contribution < -0.4 is 9.64 Å². The average Bonchev–Trinajstić information content (AvgIpc) is 2.78. The fourth-order valence-corrected chi connectivity index (χ4v) is 3.17. The Kier molecular flexibility index (Phi) is 14.5. The van der Waals surface area contributed by atoms with Crippen molar-refractivity contribution >= 4 is 23.7 Å². The first-order valence-electron chi connectivity index (χ1n) is 11.3. The van der Waals surface area contributed by atoms with Gasteiger partial charge in [-0.2, -0.15) is 0 Å². The molecule has 0 saturated carbocycles. The second kappa shape index (κ2) is 17.3. The topological polar surface area (TPSA) is 102 Å². The number of anilines is 1. The maximum Gasteiger partial charge on any atom is 0.411 e. The number of ether oxygens (including phenoxy) is 3. The lowest BCUT2D eigenvalue weighted by atomic mass is 10.1. The van der Waals surface area contributed by atoms with E-state index in [1.807, 2.05) is 0 Å². The third-order valence-electron chi connectivity index (χ3n) is 4.87. The summed E-state index contributed by atoms with van der Waals surface area (Å²) in [4.78, 5) is 35.4. The maximum absolute atomic E-state index is 11.6. The van der Waals surface area contributed by atoms with Gasteiger partial charge in [-0.3, -0.25) is 14.5 Å². The zero-order chi connectivity index (χ0) is 24.3. The van der Waals surface area contributed by atoms with Gasteiger partial charge in [0, 0.05) is 25.1 Å². The standard InChI is InChI=1S/C25H35NO7/c1-3-31-23(27)13-9-5-7-11-19-26(25(29)30)21-15-17-22(18-16-21)33-20-12-8-6-10-14-24(28)32-4-2/h3-4,15-18H,1-2,5-14,19-20H2,(H,29,30). The molecule has 8 heteroatoms. The number of esters is 2. The molecule has 1 amide bonds. The third-order valence-corrected chi connectivity index (χ3v) is 4.87. The highest BCUT2D eigenvalue weighted by Crippen LogP contribution is 2.21. The Morgan fingerprint density at radius 1 is 0.788 bits per heavy atom. The van der Waals surface area contributed by atoms with Gasteiger partial charge in [0.15, 0.2) is 0 Å². The SMILES string of the molecule is C=COC(=O)CCCCCCOc1ccc(N(CCCCCCC(=O)OC=C)C(=O)O)cc1. The molecule has 0 radical (unpaired) electrons. The molecular formula is C25H35NO7. The summed E-state index contributed by atoms with van der Waals surface area (Å²) in [7, 11) is 0. The molecule has 33 heavy (non-hydrogen) atoms.